The van der Waals surface area contributed by atoms with E-state index in [0.717, 1.165) is 31.5 Å². The molecule has 27 heavy (non-hydrogen) atoms. The van der Waals surface area contributed by atoms with Crippen molar-refractivity contribution in [3.63, 3.8) is 0 Å². The zero-order valence-electron chi connectivity index (χ0n) is 14.9. The molecule has 1 aromatic rings. The average Bonchev–Trinajstić information content (AvgIpc) is 2.66. The molecule has 0 saturated carbocycles. The maximum Gasteiger partial charge on any atom is 0.417 e. The van der Waals surface area contributed by atoms with Crippen LogP contribution in [0.2, 0.25) is 5.02 Å². The number of pyridine rings is 1. The van der Waals surface area contributed by atoms with Gasteiger partial charge >= 0.3 is 6.18 Å². The van der Waals surface area contributed by atoms with Crippen molar-refractivity contribution in [2.24, 2.45) is 11.8 Å². The van der Waals surface area contributed by atoms with E-state index in [-0.39, 0.29) is 16.8 Å². The van der Waals surface area contributed by atoms with Gasteiger partial charge in [-0.2, -0.15) is 13.2 Å². The number of nitrogens with one attached hydrogen (secondary N) is 1. The summed E-state index contributed by atoms with van der Waals surface area (Å²) in [6, 6.07) is 0.904. The topological polar surface area (TPSA) is 45.2 Å². The van der Waals surface area contributed by atoms with Crippen LogP contribution in [0.25, 0.3) is 0 Å². The van der Waals surface area contributed by atoms with Crippen molar-refractivity contribution in [2.75, 3.05) is 24.5 Å². The van der Waals surface area contributed by atoms with Gasteiger partial charge in [0.05, 0.1) is 10.6 Å². The van der Waals surface area contributed by atoms with Gasteiger partial charge < -0.3 is 10.2 Å². The highest BCUT2D eigenvalue weighted by Gasteiger charge is 2.33. The number of amides is 1. The standard InChI is InChI=1S/C19H23ClF3N3O/c20-16-10-15(19(21,22)23)12-24-17(16)26-8-6-14(7-9-26)18(27)25-11-13-4-2-1-3-5-13/h1-2,10,12-14H,3-9,11H2,(H,25,27). The Kier molecular flexibility index (Phi) is 6.29. The maximum atomic E-state index is 12.7. The summed E-state index contributed by atoms with van der Waals surface area (Å²) < 4.78 is 38.2. The second-order valence-electron chi connectivity index (χ2n) is 7.18. The number of nitrogens with zero attached hydrogens (tertiary/aromatic N) is 2. The van der Waals surface area contributed by atoms with Gasteiger partial charge in [-0.05, 0) is 44.1 Å². The lowest BCUT2D eigenvalue weighted by molar-refractivity contribution is -0.137. The van der Waals surface area contributed by atoms with Crippen molar-refractivity contribution in [3.8, 4) is 0 Å². The van der Waals surface area contributed by atoms with Crippen LogP contribution >= 0.6 is 11.6 Å². The summed E-state index contributed by atoms with van der Waals surface area (Å²) in [5.41, 5.74) is -0.858. The third-order valence-corrected chi connectivity index (χ3v) is 5.54. The summed E-state index contributed by atoms with van der Waals surface area (Å²) in [6.45, 7) is 1.79. The van der Waals surface area contributed by atoms with Gasteiger partial charge in [0.2, 0.25) is 5.91 Å². The number of allylic oxidation sites excluding steroid dienone is 2. The SMILES string of the molecule is O=C(NCC1CC=CCC1)C1CCN(c2ncc(C(F)(F)F)cc2Cl)CC1. The Morgan fingerprint density at radius 3 is 2.59 bits per heavy atom. The van der Waals surface area contributed by atoms with E-state index in [1.54, 1.807) is 0 Å². The normalized spacial score (nSPS) is 21.3. The van der Waals surface area contributed by atoms with Crippen molar-refractivity contribution < 1.29 is 18.0 Å². The number of carbonyl (C=O) groups is 1. The van der Waals surface area contributed by atoms with E-state index in [2.05, 4.69) is 22.5 Å². The first-order chi connectivity index (χ1) is 12.8. The minimum Gasteiger partial charge on any atom is -0.356 e. The van der Waals surface area contributed by atoms with Crippen LogP contribution in [-0.4, -0.2) is 30.5 Å². The fraction of sp³-hybridized carbons (Fsp3) is 0.579. The first-order valence-corrected chi connectivity index (χ1v) is 9.63. The molecule has 1 amide bonds. The number of hydrogen-bond acceptors (Lipinski definition) is 3. The van der Waals surface area contributed by atoms with Gasteiger partial charge in [0.15, 0.2) is 0 Å². The molecular formula is C19H23ClF3N3O. The number of alkyl halides is 3. The Hall–Kier alpha value is -1.76. The quantitative estimate of drug-likeness (QED) is 0.758. The van der Waals surface area contributed by atoms with Gasteiger partial charge in [0.25, 0.3) is 0 Å². The molecule has 1 aliphatic carbocycles. The molecular weight excluding hydrogens is 379 g/mol. The van der Waals surface area contributed by atoms with Gasteiger partial charge in [-0.3, -0.25) is 4.79 Å². The number of rotatable bonds is 4. The zero-order valence-corrected chi connectivity index (χ0v) is 15.7. The Labute approximate surface area is 161 Å². The maximum absolute atomic E-state index is 12.7. The van der Waals surface area contributed by atoms with Gasteiger partial charge in [-0.15, -0.1) is 0 Å². The van der Waals surface area contributed by atoms with E-state index in [4.69, 9.17) is 11.6 Å². The van der Waals surface area contributed by atoms with Crippen LogP contribution in [0.3, 0.4) is 0 Å². The molecule has 1 aromatic heterocycles. The van der Waals surface area contributed by atoms with E-state index in [9.17, 15) is 18.0 Å². The van der Waals surface area contributed by atoms with Crippen molar-refractivity contribution in [3.05, 3.63) is 35.0 Å². The molecule has 148 valence electrons. The van der Waals surface area contributed by atoms with E-state index in [0.29, 0.717) is 44.2 Å². The average molecular weight is 402 g/mol. The molecule has 8 heteroatoms. The van der Waals surface area contributed by atoms with Crippen LogP contribution in [0.15, 0.2) is 24.4 Å². The van der Waals surface area contributed by atoms with Gasteiger partial charge in [-0.25, -0.2) is 4.98 Å². The summed E-state index contributed by atoms with van der Waals surface area (Å²) in [6.07, 6.45) is 5.13. The number of halogens is 4. The van der Waals surface area contributed by atoms with Crippen molar-refractivity contribution >= 4 is 23.3 Å². The lowest BCUT2D eigenvalue weighted by Gasteiger charge is -2.33. The lowest BCUT2D eigenvalue weighted by Crippen LogP contribution is -2.42. The molecule has 1 saturated heterocycles. The van der Waals surface area contributed by atoms with Crippen LogP contribution in [0, 0.1) is 11.8 Å². The van der Waals surface area contributed by atoms with Crippen molar-refractivity contribution in [1.29, 1.82) is 0 Å². The molecule has 4 nitrogen and oxygen atoms in total. The van der Waals surface area contributed by atoms with Gasteiger partial charge in [-0.1, -0.05) is 23.8 Å². The first-order valence-electron chi connectivity index (χ1n) is 9.25. The molecule has 1 fully saturated rings. The predicted molar refractivity (Wildman–Crippen MR) is 98.7 cm³/mol. The zero-order chi connectivity index (χ0) is 19.4. The first kappa shape index (κ1) is 20.0. The number of aromatic nitrogens is 1. The summed E-state index contributed by atoms with van der Waals surface area (Å²) in [4.78, 5) is 18.1. The highest BCUT2D eigenvalue weighted by molar-refractivity contribution is 6.33. The monoisotopic (exact) mass is 401 g/mol. The Bertz CT molecular complexity index is 700. The third-order valence-electron chi connectivity index (χ3n) is 5.26. The number of hydrogen-bond donors (Lipinski definition) is 1. The second kappa shape index (κ2) is 8.50. The molecule has 2 aliphatic rings. The molecule has 1 unspecified atom stereocenters. The number of piperidine rings is 1. The van der Waals surface area contributed by atoms with Gasteiger partial charge in [0.1, 0.15) is 5.82 Å². The molecule has 0 radical (unpaired) electrons. The van der Waals surface area contributed by atoms with Crippen molar-refractivity contribution in [1.82, 2.24) is 10.3 Å². The summed E-state index contributed by atoms with van der Waals surface area (Å²) in [5.74, 6) is 0.844. The minimum atomic E-state index is -4.46. The predicted octanol–water partition coefficient (Wildman–Crippen LogP) is 4.44. The van der Waals surface area contributed by atoms with E-state index >= 15 is 0 Å². The Morgan fingerprint density at radius 1 is 1.26 bits per heavy atom. The largest absolute Gasteiger partial charge is 0.417 e. The van der Waals surface area contributed by atoms with Crippen LogP contribution in [0.1, 0.15) is 37.7 Å². The highest BCUT2D eigenvalue weighted by atomic mass is 35.5. The molecule has 1 aliphatic heterocycles. The molecule has 0 bridgehead atoms. The highest BCUT2D eigenvalue weighted by Crippen LogP contribution is 2.34. The van der Waals surface area contributed by atoms with Gasteiger partial charge in [0, 0.05) is 31.7 Å². The Balaban J connectivity index is 1.51. The summed E-state index contributed by atoms with van der Waals surface area (Å²) in [5, 5.41) is 3.04. The van der Waals surface area contributed by atoms with Crippen LogP contribution in [0.4, 0.5) is 19.0 Å². The smallest absolute Gasteiger partial charge is 0.356 e. The van der Waals surface area contributed by atoms with Crippen LogP contribution < -0.4 is 10.2 Å². The minimum absolute atomic E-state index is 0.0157. The summed E-state index contributed by atoms with van der Waals surface area (Å²) >= 11 is 6.01. The Morgan fingerprint density at radius 2 is 2.00 bits per heavy atom. The second-order valence-corrected chi connectivity index (χ2v) is 7.59. The third kappa shape index (κ3) is 5.15. The molecule has 1 atom stereocenters. The number of carbonyl (C=O) groups excluding carboxylic acids is 1. The van der Waals surface area contributed by atoms with Crippen LogP contribution in [-0.2, 0) is 11.0 Å². The lowest BCUT2D eigenvalue weighted by atomic mass is 9.93. The fourth-order valence-corrected chi connectivity index (χ4v) is 3.89. The van der Waals surface area contributed by atoms with Crippen LogP contribution in [0.5, 0.6) is 0 Å². The van der Waals surface area contributed by atoms with E-state index in [1.807, 2.05) is 4.90 Å². The molecule has 1 N–H and O–H groups in total. The summed E-state index contributed by atoms with van der Waals surface area (Å²) in [7, 11) is 0. The molecule has 3 rings (SSSR count). The van der Waals surface area contributed by atoms with Crippen molar-refractivity contribution in [2.45, 2.75) is 38.3 Å². The number of anilines is 1. The molecule has 2 heterocycles. The van der Waals surface area contributed by atoms with E-state index in [1.165, 1.54) is 0 Å². The van der Waals surface area contributed by atoms with E-state index < -0.39 is 11.7 Å². The fourth-order valence-electron chi connectivity index (χ4n) is 3.60. The molecule has 0 spiro atoms. The molecule has 0 aromatic carbocycles.